The lowest BCUT2D eigenvalue weighted by molar-refractivity contribution is -0.112. The van der Waals surface area contributed by atoms with Crippen molar-refractivity contribution in [1.29, 1.82) is 0 Å². The molecule has 0 spiro atoms. The molecule has 1 saturated carbocycles. The minimum atomic E-state index is -0.693. The van der Waals surface area contributed by atoms with Crippen LogP contribution in [0.5, 0.6) is 0 Å². The SMILES string of the molecule is CNO.Cc1cnc(-c2ccccc2)nc1.O=CC1(CF)CC1c1ccccc1. The second kappa shape index (κ2) is 11.1. The van der Waals surface area contributed by atoms with E-state index in [1.54, 1.807) is 5.48 Å². The smallest absolute Gasteiger partial charge is 0.159 e. The summed E-state index contributed by atoms with van der Waals surface area (Å²) in [6, 6.07) is 19.6. The van der Waals surface area contributed by atoms with Crippen molar-refractivity contribution < 1.29 is 14.4 Å². The molecule has 3 aromatic rings. The molecule has 1 heterocycles. The Hall–Kier alpha value is -2.96. The van der Waals surface area contributed by atoms with Crippen LogP contribution in [-0.2, 0) is 4.79 Å². The molecule has 0 amide bonds. The summed E-state index contributed by atoms with van der Waals surface area (Å²) in [5.41, 5.74) is 4.27. The Labute approximate surface area is 170 Å². The van der Waals surface area contributed by atoms with Crippen molar-refractivity contribution in [3.8, 4) is 11.4 Å². The molecule has 2 N–H and O–H groups in total. The van der Waals surface area contributed by atoms with Gasteiger partial charge in [-0.25, -0.2) is 19.8 Å². The van der Waals surface area contributed by atoms with Gasteiger partial charge in [0.15, 0.2) is 5.82 Å². The molecular formula is C23H26FN3O2. The monoisotopic (exact) mass is 395 g/mol. The number of hydrogen-bond acceptors (Lipinski definition) is 5. The van der Waals surface area contributed by atoms with Crippen LogP contribution in [0.25, 0.3) is 11.4 Å². The van der Waals surface area contributed by atoms with E-state index >= 15 is 0 Å². The molecule has 4 rings (SSSR count). The second-order valence-electron chi connectivity index (χ2n) is 6.83. The quantitative estimate of drug-likeness (QED) is 0.507. The third-order valence-electron chi connectivity index (χ3n) is 4.62. The van der Waals surface area contributed by atoms with Crippen LogP contribution in [0.2, 0.25) is 0 Å². The molecule has 29 heavy (non-hydrogen) atoms. The van der Waals surface area contributed by atoms with E-state index in [9.17, 15) is 9.18 Å². The van der Waals surface area contributed by atoms with Crippen LogP contribution in [0, 0.1) is 12.3 Å². The third-order valence-corrected chi connectivity index (χ3v) is 4.62. The predicted molar refractivity (Wildman–Crippen MR) is 111 cm³/mol. The average Bonchev–Trinajstić information content (AvgIpc) is 3.52. The highest BCUT2D eigenvalue weighted by atomic mass is 19.1. The van der Waals surface area contributed by atoms with E-state index in [4.69, 9.17) is 5.21 Å². The van der Waals surface area contributed by atoms with Crippen LogP contribution in [0.3, 0.4) is 0 Å². The standard InChI is InChI=1S/C11H11FO.C11H10N2.CH5NO/c12-7-11(8-13)6-10(11)9-4-2-1-3-5-9;1-9-7-12-11(13-8-9)10-5-3-2-4-6-10;1-2-3/h1-5,8,10H,6-7H2;2-8H,1H3;2-3H,1H3. The average molecular weight is 395 g/mol. The van der Waals surface area contributed by atoms with Gasteiger partial charge < -0.3 is 10.0 Å². The van der Waals surface area contributed by atoms with E-state index < -0.39 is 12.1 Å². The number of aromatic nitrogens is 2. The number of carbonyl (C=O) groups is 1. The Morgan fingerprint density at radius 1 is 1.10 bits per heavy atom. The summed E-state index contributed by atoms with van der Waals surface area (Å²) in [5.74, 6) is 0.891. The lowest BCUT2D eigenvalue weighted by atomic mass is 10.0. The molecule has 0 bridgehead atoms. The summed E-state index contributed by atoms with van der Waals surface area (Å²) < 4.78 is 12.5. The predicted octanol–water partition coefficient (Wildman–Crippen LogP) is 4.38. The van der Waals surface area contributed by atoms with Crippen LogP contribution >= 0.6 is 0 Å². The second-order valence-corrected chi connectivity index (χ2v) is 6.83. The van der Waals surface area contributed by atoms with Gasteiger partial charge in [0.05, 0.1) is 5.41 Å². The van der Waals surface area contributed by atoms with Crippen molar-refractivity contribution in [2.24, 2.45) is 5.41 Å². The van der Waals surface area contributed by atoms with E-state index in [0.29, 0.717) is 6.42 Å². The molecule has 0 aliphatic heterocycles. The zero-order chi connectivity index (χ0) is 21.1. The number of nitrogens with zero attached hydrogens (tertiary/aromatic N) is 2. The molecule has 1 aliphatic carbocycles. The van der Waals surface area contributed by atoms with Gasteiger partial charge in [-0.15, -0.1) is 0 Å². The van der Waals surface area contributed by atoms with Gasteiger partial charge in [-0.3, -0.25) is 0 Å². The van der Waals surface area contributed by atoms with Gasteiger partial charge >= 0.3 is 0 Å². The van der Waals surface area contributed by atoms with E-state index in [0.717, 1.165) is 28.8 Å². The molecular weight excluding hydrogens is 369 g/mol. The molecule has 2 atom stereocenters. The molecule has 1 aliphatic rings. The molecule has 5 nitrogen and oxygen atoms in total. The number of halogens is 1. The van der Waals surface area contributed by atoms with E-state index in [-0.39, 0.29) is 5.92 Å². The van der Waals surface area contributed by atoms with E-state index in [2.05, 4.69) is 9.97 Å². The van der Waals surface area contributed by atoms with E-state index in [1.807, 2.05) is 80.0 Å². The largest absolute Gasteiger partial charge is 0.317 e. The lowest BCUT2D eigenvalue weighted by Crippen LogP contribution is -2.07. The fourth-order valence-corrected chi connectivity index (χ4v) is 2.89. The maximum absolute atomic E-state index is 12.5. The Morgan fingerprint density at radius 2 is 1.62 bits per heavy atom. The molecule has 2 aromatic carbocycles. The molecule has 0 saturated heterocycles. The van der Waals surface area contributed by atoms with Crippen LogP contribution in [0.4, 0.5) is 4.39 Å². The number of aryl methyl sites for hydroxylation is 1. The Kier molecular flexibility index (Phi) is 8.58. The Morgan fingerprint density at radius 3 is 2.07 bits per heavy atom. The van der Waals surface area contributed by atoms with Crippen LogP contribution in [0.1, 0.15) is 23.5 Å². The van der Waals surface area contributed by atoms with Crippen molar-refractivity contribution >= 4 is 6.29 Å². The first-order chi connectivity index (χ1) is 14.1. The number of hydroxylamine groups is 1. The van der Waals surface area contributed by atoms with Crippen molar-refractivity contribution in [2.75, 3.05) is 13.7 Å². The van der Waals surface area contributed by atoms with Gasteiger partial charge in [-0.2, -0.15) is 0 Å². The Bertz CT molecular complexity index is 860. The third kappa shape index (κ3) is 6.27. The Balaban J connectivity index is 0.000000183. The van der Waals surface area contributed by atoms with Gasteiger partial charge in [-0.1, -0.05) is 60.7 Å². The van der Waals surface area contributed by atoms with Gasteiger partial charge in [0.2, 0.25) is 0 Å². The molecule has 0 radical (unpaired) electrons. The van der Waals surface area contributed by atoms with Crippen LogP contribution in [0.15, 0.2) is 73.1 Å². The summed E-state index contributed by atoms with van der Waals surface area (Å²) in [6.07, 6.45) is 5.09. The van der Waals surface area contributed by atoms with Gasteiger partial charge in [0.25, 0.3) is 0 Å². The normalized spacial score (nSPS) is 19.1. The molecule has 1 fully saturated rings. The fraction of sp³-hybridized carbons (Fsp3) is 0.261. The minimum absolute atomic E-state index is 0.108. The number of alkyl halides is 1. The van der Waals surface area contributed by atoms with Gasteiger partial charge in [0.1, 0.15) is 13.0 Å². The first-order valence-electron chi connectivity index (χ1n) is 9.32. The molecule has 6 heteroatoms. The summed E-state index contributed by atoms with van der Waals surface area (Å²) in [7, 11) is 1.43. The topological polar surface area (TPSA) is 75.1 Å². The van der Waals surface area contributed by atoms with Crippen molar-refractivity contribution in [2.45, 2.75) is 19.3 Å². The number of nitrogens with one attached hydrogen (secondary N) is 1. The van der Waals surface area contributed by atoms with Crippen molar-refractivity contribution in [3.63, 3.8) is 0 Å². The maximum atomic E-state index is 12.5. The van der Waals surface area contributed by atoms with Gasteiger partial charge in [-0.05, 0) is 30.4 Å². The minimum Gasteiger partial charge on any atom is -0.317 e. The zero-order valence-electron chi connectivity index (χ0n) is 16.6. The number of benzene rings is 2. The highest BCUT2D eigenvalue weighted by molar-refractivity contribution is 5.68. The van der Waals surface area contributed by atoms with Crippen molar-refractivity contribution in [3.05, 3.63) is 84.2 Å². The summed E-state index contributed by atoms with van der Waals surface area (Å²) >= 11 is 0. The number of aldehydes is 1. The first-order valence-corrected chi connectivity index (χ1v) is 9.32. The number of carbonyl (C=O) groups excluding carboxylic acids is 1. The highest BCUT2D eigenvalue weighted by Gasteiger charge is 2.55. The summed E-state index contributed by atoms with van der Waals surface area (Å²) in [5, 5.41) is 7.32. The molecule has 152 valence electrons. The lowest BCUT2D eigenvalue weighted by Gasteiger charge is -2.03. The molecule has 2 unspecified atom stereocenters. The maximum Gasteiger partial charge on any atom is 0.159 e. The summed E-state index contributed by atoms with van der Waals surface area (Å²) in [6.45, 7) is 1.45. The van der Waals surface area contributed by atoms with Crippen LogP contribution < -0.4 is 5.48 Å². The van der Waals surface area contributed by atoms with E-state index in [1.165, 1.54) is 7.05 Å². The zero-order valence-corrected chi connectivity index (χ0v) is 16.6. The molecule has 1 aromatic heterocycles. The van der Waals surface area contributed by atoms with Gasteiger partial charge in [0, 0.05) is 25.0 Å². The number of rotatable bonds is 4. The van der Waals surface area contributed by atoms with Crippen molar-refractivity contribution in [1.82, 2.24) is 15.4 Å². The summed E-state index contributed by atoms with van der Waals surface area (Å²) in [4.78, 5) is 19.1. The first kappa shape index (κ1) is 22.3. The fourth-order valence-electron chi connectivity index (χ4n) is 2.89. The van der Waals surface area contributed by atoms with Crippen LogP contribution in [-0.4, -0.2) is 35.2 Å². The highest BCUT2D eigenvalue weighted by Crippen LogP contribution is 2.57. The number of hydrogen-bond donors (Lipinski definition) is 2.